The lowest BCUT2D eigenvalue weighted by Crippen LogP contribution is -2.30. The van der Waals surface area contributed by atoms with Gasteiger partial charge in [0.2, 0.25) is 5.91 Å². The van der Waals surface area contributed by atoms with Crippen LogP contribution in [0.5, 0.6) is 5.75 Å². The molecule has 0 radical (unpaired) electrons. The predicted molar refractivity (Wildman–Crippen MR) is 124 cm³/mol. The van der Waals surface area contributed by atoms with Gasteiger partial charge < -0.3 is 10.1 Å². The fourth-order valence-corrected chi connectivity index (χ4v) is 5.06. The van der Waals surface area contributed by atoms with E-state index in [1.165, 1.54) is 12.1 Å². The summed E-state index contributed by atoms with van der Waals surface area (Å²) in [5.41, 5.74) is 0.449. The summed E-state index contributed by atoms with van der Waals surface area (Å²) in [6, 6.07) is 13.9. The summed E-state index contributed by atoms with van der Waals surface area (Å²) in [4.78, 5) is 17.8. The summed E-state index contributed by atoms with van der Waals surface area (Å²) in [7, 11) is -2.12. The molecule has 0 saturated carbocycles. The van der Waals surface area contributed by atoms with Crippen molar-refractivity contribution in [1.82, 2.24) is 4.72 Å². The van der Waals surface area contributed by atoms with Crippen LogP contribution in [0.4, 0.5) is 5.69 Å². The minimum Gasteiger partial charge on any atom is -0.497 e. The second-order valence-corrected chi connectivity index (χ2v) is 9.95. The number of carbonyl (C=O) groups excluding carboxylic acids is 1. The van der Waals surface area contributed by atoms with Crippen molar-refractivity contribution in [3.05, 3.63) is 48.5 Å². The normalized spacial score (nSPS) is 14.3. The zero-order chi connectivity index (χ0) is 22.1. The first kappa shape index (κ1) is 23.1. The van der Waals surface area contributed by atoms with E-state index in [9.17, 15) is 13.2 Å². The van der Waals surface area contributed by atoms with Crippen molar-refractivity contribution in [2.24, 2.45) is 4.99 Å². The van der Waals surface area contributed by atoms with Crippen LogP contribution in [0.15, 0.2) is 63.3 Å². The zero-order valence-corrected chi connectivity index (χ0v) is 19.1. The number of amidine groups is 1. The van der Waals surface area contributed by atoms with Crippen molar-refractivity contribution < 1.29 is 17.9 Å². The molecule has 2 aromatic carbocycles. The van der Waals surface area contributed by atoms with E-state index < -0.39 is 10.0 Å². The lowest BCUT2D eigenvalue weighted by Gasteiger charge is -2.11. The van der Waals surface area contributed by atoms with E-state index in [4.69, 9.17) is 4.74 Å². The van der Waals surface area contributed by atoms with Gasteiger partial charge in [0.15, 0.2) is 0 Å². The number of rotatable bonds is 8. The Balaban J connectivity index is 1.54. The molecule has 0 aliphatic carbocycles. The van der Waals surface area contributed by atoms with Gasteiger partial charge in [-0.3, -0.25) is 14.5 Å². The Morgan fingerprint density at radius 2 is 1.94 bits per heavy atom. The van der Waals surface area contributed by atoms with Crippen LogP contribution < -0.4 is 14.8 Å². The van der Waals surface area contributed by atoms with Gasteiger partial charge in [-0.15, -0.1) is 11.8 Å². The molecule has 1 amide bonds. The number of thioether (sulfide) groups is 1. The zero-order valence-electron chi connectivity index (χ0n) is 17.5. The second-order valence-electron chi connectivity index (χ2n) is 7.09. The molecule has 0 fully saturated rings. The topological polar surface area (TPSA) is 96.9 Å². The lowest BCUT2D eigenvalue weighted by atomic mass is 10.2. The van der Waals surface area contributed by atoms with Gasteiger partial charge >= 0.3 is 0 Å². The summed E-state index contributed by atoms with van der Waals surface area (Å²) in [5.74, 6) is 1.73. The van der Waals surface area contributed by atoms with Gasteiger partial charge in [-0.25, -0.2) is 8.42 Å². The number of anilines is 1. The van der Waals surface area contributed by atoms with Crippen LogP contribution in [-0.4, -0.2) is 39.6 Å². The molecule has 0 unspecified atom stereocenters. The number of hydrogen-bond acceptors (Lipinski definition) is 6. The highest BCUT2D eigenvalue weighted by atomic mass is 32.2. The molecule has 0 bridgehead atoms. The molecule has 7 nitrogen and oxygen atoms in total. The number of nitrogens with one attached hydrogen (secondary N) is 2. The van der Waals surface area contributed by atoms with Crippen molar-refractivity contribution in [3.8, 4) is 5.75 Å². The molecule has 1 aliphatic rings. The number of carbonyl (C=O) groups is 1. The molecule has 31 heavy (non-hydrogen) atoms. The minimum atomic E-state index is -3.74. The third-order valence-electron chi connectivity index (χ3n) is 4.71. The first-order chi connectivity index (χ1) is 15.0. The third kappa shape index (κ3) is 7.29. The molecular weight excluding hydrogens is 434 g/mol. The first-order valence-corrected chi connectivity index (χ1v) is 12.7. The number of sulfonamides is 1. The standard InChI is InChI=1S/C22H27N3O4S2/c1-29-18-9-11-19(12-10-18)30-15-13-22(26)24-17-6-5-7-20(16-17)31(27,28)25-21-8-3-2-4-14-23-21/h5-7,9-12,16H,2-4,8,13-15H2,1H3,(H,23,25)(H,24,26). The van der Waals surface area contributed by atoms with E-state index in [0.29, 0.717) is 36.7 Å². The van der Waals surface area contributed by atoms with Gasteiger partial charge in [-0.05, 0) is 55.3 Å². The van der Waals surface area contributed by atoms with E-state index >= 15 is 0 Å². The Morgan fingerprint density at radius 3 is 2.71 bits per heavy atom. The van der Waals surface area contributed by atoms with Gasteiger partial charge in [-0.2, -0.15) is 0 Å². The van der Waals surface area contributed by atoms with Crippen molar-refractivity contribution in [2.45, 2.75) is 41.9 Å². The number of amides is 1. The maximum absolute atomic E-state index is 12.7. The van der Waals surface area contributed by atoms with Crippen LogP contribution in [0.2, 0.25) is 0 Å². The number of nitrogens with zero attached hydrogens (tertiary/aromatic N) is 1. The lowest BCUT2D eigenvalue weighted by molar-refractivity contribution is -0.115. The maximum atomic E-state index is 12.7. The largest absolute Gasteiger partial charge is 0.497 e. The van der Waals surface area contributed by atoms with Crippen LogP contribution in [0.25, 0.3) is 0 Å². The van der Waals surface area contributed by atoms with Crippen LogP contribution >= 0.6 is 11.8 Å². The minimum absolute atomic E-state index is 0.102. The number of hydrogen-bond donors (Lipinski definition) is 2. The third-order valence-corrected chi connectivity index (χ3v) is 7.10. The second kappa shape index (κ2) is 11.2. The van der Waals surface area contributed by atoms with E-state index in [1.807, 2.05) is 24.3 Å². The molecule has 0 spiro atoms. The van der Waals surface area contributed by atoms with Crippen molar-refractivity contribution >= 4 is 39.2 Å². The number of aliphatic imine (C=N–C) groups is 1. The van der Waals surface area contributed by atoms with E-state index in [2.05, 4.69) is 15.0 Å². The van der Waals surface area contributed by atoms with Crippen LogP contribution in [-0.2, 0) is 14.8 Å². The fourth-order valence-electron chi connectivity index (χ4n) is 3.07. The Kier molecular flexibility index (Phi) is 8.36. The Morgan fingerprint density at radius 1 is 1.13 bits per heavy atom. The average Bonchev–Trinajstić information content (AvgIpc) is 3.02. The van der Waals surface area contributed by atoms with Crippen LogP contribution in [0.3, 0.4) is 0 Å². The number of benzene rings is 2. The Labute approximate surface area is 187 Å². The smallest absolute Gasteiger partial charge is 0.262 e. The van der Waals surface area contributed by atoms with Crippen molar-refractivity contribution in [1.29, 1.82) is 0 Å². The maximum Gasteiger partial charge on any atom is 0.262 e. The highest BCUT2D eigenvalue weighted by Gasteiger charge is 2.18. The van der Waals surface area contributed by atoms with Gasteiger partial charge in [0, 0.05) is 35.7 Å². The molecule has 0 saturated heterocycles. The summed E-state index contributed by atoms with van der Waals surface area (Å²) in [5, 5.41) is 2.78. The molecule has 1 heterocycles. The number of methoxy groups -OCH3 is 1. The highest BCUT2D eigenvalue weighted by molar-refractivity contribution is 7.99. The average molecular weight is 462 g/mol. The molecular formula is C22H27N3O4S2. The van der Waals surface area contributed by atoms with E-state index in [-0.39, 0.29) is 10.8 Å². The number of ether oxygens (including phenoxy) is 1. The molecule has 0 atom stereocenters. The van der Waals surface area contributed by atoms with Gasteiger partial charge in [0.05, 0.1) is 12.0 Å². The Hall–Kier alpha value is -2.52. The van der Waals surface area contributed by atoms with Gasteiger partial charge in [0.1, 0.15) is 11.6 Å². The Bertz CT molecular complexity index is 1020. The van der Waals surface area contributed by atoms with Crippen LogP contribution in [0.1, 0.15) is 32.1 Å². The molecule has 9 heteroatoms. The summed E-state index contributed by atoms with van der Waals surface area (Å²) >= 11 is 1.57. The van der Waals surface area contributed by atoms with Gasteiger partial charge in [-0.1, -0.05) is 12.5 Å². The van der Waals surface area contributed by atoms with E-state index in [0.717, 1.165) is 29.9 Å². The molecule has 2 N–H and O–H groups in total. The molecule has 3 rings (SSSR count). The highest BCUT2D eigenvalue weighted by Crippen LogP contribution is 2.22. The fraction of sp³-hybridized carbons (Fsp3) is 0.364. The monoisotopic (exact) mass is 461 g/mol. The first-order valence-electron chi connectivity index (χ1n) is 10.2. The summed E-state index contributed by atoms with van der Waals surface area (Å²) in [6.07, 6.45) is 3.88. The SMILES string of the molecule is COc1ccc(SCCC(=O)Nc2cccc(S(=O)(=O)NC3=NCCCCC3)c2)cc1. The van der Waals surface area contributed by atoms with Crippen molar-refractivity contribution in [2.75, 3.05) is 24.7 Å². The molecule has 0 aromatic heterocycles. The van der Waals surface area contributed by atoms with Crippen LogP contribution in [0, 0.1) is 0 Å². The molecule has 166 valence electrons. The summed E-state index contributed by atoms with van der Waals surface area (Å²) in [6.45, 7) is 0.641. The quantitative estimate of drug-likeness (QED) is 0.578. The van der Waals surface area contributed by atoms with Gasteiger partial charge in [0.25, 0.3) is 10.0 Å². The summed E-state index contributed by atoms with van der Waals surface area (Å²) < 4.78 is 33.1. The molecule has 1 aliphatic heterocycles. The predicted octanol–water partition coefficient (Wildman–Crippen LogP) is 4.07. The van der Waals surface area contributed by atoms with Crippen molar-refractivity contribution in [3.63, 3.8) is 0 Å². The molecule has 2 aromatic rings. The van der Waals surface area contributed by atoms with E-state index in [1.54, 1.807) is 31.0 Å².